The number of hydrogen-bond acceptors (Lipinski definition) is 3. The lowest BCUT2D eigenvalue weighted by molar-refractivity contribution is 0.403. The molecule has 122 valence electrons. The van der Waals surface area contributed by atoms with E-state index in [1.54, 1.807) is 11.3 Å². The quantitative estimate of drug-likeness (QED) is 0.646. The van der Waals surface area contributed by atoms with E-state index in [-0.39, 0.29) is 0 Å². The van der Waals surface area contributed by atoms with Crippen molar-refractivity contribution in [3.8, 4) is 11.3 Å². The van der Waals surface area contributed by atoms with Gasteiger partial charge in [-0.2, -0.15) is 0 Å². The van der Waals surface area contributed by atoms with E-state index >= 15 is 0 Å². The molecule has 0 unspecified atom stereocenters. The molecule has 0 spiro atoms. The van der Waals surface area contributed by atoms with E-state index in [9.17, 15) is 0 Å². The van der Waals surface area contributed by atoms with Crippen molar-refractivity contribution in [2.45, 2.75) is 19.3 Å². The predicted octanol–water partition coefficient (Wildman–Crippen LogP) is 5.27. The maximum absolute atomic E-state index is 4.86. The van der Waals surface area contributed by atoms with Gasteiger partial charge in [0, 0.05) is 24.0 Å². The fourth-order valence-corrected chi connectivity index (χ4v) is 4.32. The molecule has 3 aromatic rings. The van der Waals surface area contributed by atoms with Gasteiger partial charge in [-0.05, 0) is 30.7 Å². The first-order chi connectivity index (χ1) is 11.9. The van der Waals surface area contributed by atoms with Gasteiger partial charge in [0.15, 0.2) is 5.13 Å². The van der Waals surface area contributed by atoms with Crippen LogP contribution in [0, 0.1) is 5.92 Å². The monoisotopic (exact) mass is 334 g/mol. The third-order valence-electron chi connectivity index (χ3n) is 4.81. The molecule has 1 fully saturated rings. The van der Waals surface area contributed by atoms with Crippen LogP contribution in [0.5, 0.6) is 0 Å². The Morgan fingerprint density at radius 3 is 2.29 bits per heavy atom. The van der Waals surface area contributed by atoms with Crippen LogP contribution in [-0.4, -0.2) is 18.1 Å². The zero-order valence-electron chi connectivity index (χ0n) is 13.8. The normalized spacial score (nSPS) is 15.6. The highest BCUT2D eigenvalue weighted by Gasteiger charge is 2.21. The largest absolute Gasteiger partial charge is 0.348 e. The average Bonchev–Trinajstić information content (AvgIpc) is 3.14. The zero-order chi connectivity index (χ0) is 16.2. The van der Waals surface area contributed by atoms with Gasteiger partial charge in [-0.15, -0.1) is 11.3 Å². The standard InChI is InChI=1S/C21H22N2S/c1-3-7-17(8-4-1)15-18-11-13-23(14-12-18)21-22-20(16-24-21)19-9-5-2-6-10-19/h1-10,16,18H,11-15H2. The molecule has 24 heavy (non-hydrogen) atoms. The Labute approximate surface area is 147 Å². The summed E-state index contributed by atoms with van der Waals surface area (Å²) in [6.45, 7) is 2.25. The highest BCUT2D eigenvalue weighted by atomic mass is 32.1. The number of thiazole rings is 1. The molecule has 1 aromatic heterocycles. The van der Waals surface area contributed by atoms with E-state index in [4.69, 9.17) is 4.98 Å². The predicted molar refractivity (Wildman–Crippen MR) is 103 cm³/mol. The minimum atomic E-state index is 0.803. The number of hydrogen-bond donors (Lipinski definition) is 0. The number of benzene rings is 2. The smallest absolute Gasteiger partial charge is 0.185 e. The first-order valence-electron chi connectivity index (χ1n) is 8.68. The molecule has 0 N–H and O–H groups in total. The SMILES string of the molecule is c1ccc(CC2CCN(c3nc(-c4ccccc4)cs3)CC2)cc1. The molecule has 1 saturated heterocycles. The number of rotatable bonds is 4. The molecule has 1 aliphatic rings. The van der Waals surface area contributed by atoms with Gasteiger partial charge < -0.3 is 4.90 Å². The van der Waals surface area contributed by atoms with E-state index in [1.165, 1.54) is 35.5 Å². The van der Waals surface area contributed by atoms with Crippen LogP contribution in [0.25, 0.3) is 11.3 Å². The van der Waals surface area contributed by atoms with Crippen LogP contribution in [0.15, 0.2) is 66.0 Å². The van der Waals surface area contributed by atoms with Crippen molar-refractivity contribution in [1.82, 2.24) is 4.98 Å². The highest BCUT2D eigenvalue weighted by Crippen LogP contribution is 2.31. The Hall–Kier alpha value is -2.13. The summed E-state index contributed by atoms with van der Waals surface area (Å²) >= 11 is 1.77. The molecule has 1 aliphatic heterocycles. The summed E-state index contributed by atoms with van der Waals surface area (Å²) < 4.78 is 0. The Morgan fingerprint density at radius 1 is 0.917 bits per heavy atom. The fourth-order valence-electron chi connectivity index (χ4n) is 3.43. The van der Waals surface area contributed by atoms with E-state index in [2.05, 4.69) is 64.9 Å². The zero-order valence-corrected chi connectivity index (χ0v) is 14.6. The number of piperidine rings is 1. The molecule has 4 rings (SSSR count). The molecule has 0 aliphatic carbocycles. The lowest BCUT2D eigenvalue weighted by Crippen LogP contribution is -2.34. The van der Waals surface area contributed by atoms with Gasteiger partial charge in [0.1, 0.15) is 0 Å². The van der Waals surface area contributed by atoms with Gasteiger partial charge in [-0.1, -0.05) is 60.7 Å². The first kappa shape index (κ1) is 15.4. The van der Waals surface area contributed by atoms with Gasteiger partial charge in [0.25, 0.3) is 0 Å². The molecule has 3 heteroatoms. The molecule has 0 bridgehead atoms. The van der Waals surface area contributed by atoms with Crippen LogP contribution in [0.1, 0.15) is 18.4 Å². The maximum atomic E-state index is 4.86. The van der Waals surface area contributed by atoms with Crippen LogP contribution >= 0.6 is 11.3 Å². The number of aromatic nitrogens is 1. The van der Waals surface area contributed by atoms with Gasteiger partial charge in [-0.25, -0.2) is 4.98 Å². The summed E-state index contributed by atoms with van der Waals surface area (Å²) in [5.41, 5.74) is 3.78. The van der Waals surface area contributed by atoms with E-state index in [0.717, 1.165) is 24.7 Å². The van der Waals surface area contributed by atoms with Crippen LogP contribution < -0.4 is 4.90 Å². The van der Waals surface area contributed by atoms with Crippen molar-refractivity contribution in [3.63, 3.8) is 0 Å². The summed E-state index contributed by atoms with van der Waals surface area (Å²) in [4.78, 5) is 7.31. The third-order valence-corrected chi connectivity index (χ3v) is 5.72. The minimum absolute atomic E-state index is 0.803. The summed E-state index contributed by atoms with van der Waals surface area (Å²) in [7, 11) is 0. The van der Waals surface area contributed by atoms with Gasteiger partial charge in [-0.3, -0.25) is 0 Å². The van der Waals surface area contributed by atoms with Crippen molar-refractivity contribution in [3.05, 3.63) is 71.6 Å². The first-order valence-corrected chi connectivity index (χ1v) is 9.56. The Balaban J connectivity index is 1.37. The molecule has 0 saturated carbocycles. The Morgan fingerprint density at radius 2 is 1.58 bits per heavy atom. The third kappa shape index (κ3) is 3.51. The molecule has 2 aromatic carbocycles. The van der Waals surface area contributed by atoms with Crippen molar-refractivity contribution >= 4 is 16.5 Å². The fraction of sp³-hybridized carbons (Fsp3) is 0.286. The minimum Gasteiger partial charge on any atom is -0.348 e. The summed E-state index contributed by atoms with van der Waals surface area (Å²) in [6, 6.07) is 21.3. The van der Waals surface area contributed by atoms with E-state index in [1.807, 2.05) is 6.07 Å². The second-order valence-electron chi connectivity index (χ2n) is 6.50. The summed E-state index contributed by atoms with van der Waals surface area (Å²) in [5, 5.41) is 3.35. The number of anilines is 1. The van der Waals surface area contributed by atoms with Crippen molar-refractivity contribution in [1.29, 1.82) is 0 Å². The second-order valence-corrected chi connectivity index (χ2v) is 7.34. The highest BCUT2D eigenvalue weighted by molar-refractivity contribution is 7.14. The van der Waals surface area contributed by atoms with Gasteiger partial charge in [0.05, 0.1) is 5.69 Å². The second kappa shape index (κ2) is 7.18. The molecule has 0 radical (unpaired) electrons. The average molecular weight is 334 g/mol. The molecule has 0 amide bonds. The summed E-state index contributed by atoms with van der Waals surface area (Å²) in [6.07, 6.45) is 3.73. The van der Waals surface area contributed by atoms with E-state index in [0.29, 0.717) is 0 Å². The Kier molecular flexibility index (Phi) is 4.61. The molecular weight excluding hydrogens is 312 g/mol. The van der Waals surface area contributed by atoms with Crippen LogP contribution in [0.2, 0.25) is 0 Å². The molecule has 0 atom stereocenters. The topological polar surface area (TPSA) is 16.1 Å². The lowest BCUT2D eigenvalue weighted by Gasteiger charge is -2.31. The van der Waals surface area contributed by atoms with Crippen molar-refractivity contribution in [2.75, 3.05) is 18.0 Å². The van der Waals surface area contributed by atoms with Crippen molar-refractivity contribution in [2.24, 2.45) is 5.92 Å². The van der Waals surface area contributed by atoms with Crippen LogP contribution in [-0.2, 0) is 6.42 Å². The Bertz CT molecular complexity index is 759. The van der Waals surface area contributed by atoms with Crippen LogP contribution in [0.4, 0.5) is 5.13 Å². The summed E-state index contributed by atoms with van der Waals surface area (Å²) in [5.74, 6) is 0.803. The molecule has 2 heterocycles. The lowest BCUT2D eigenvalue weighted by atomic mass is 9.90. The molecule has 2 nitrogen and oxygen atoms in total. The van der Waals surface area contributed by atoms with Crippen molar-refractivity contribution < 1.29 is 0 Å². The van der Waals surface area contributed by atoms with Crippen LogP contribution in [0.3, 0.4) is 0 Å². The maximum Gasteiger partial charge on any atom is 0.185 e. The van der Waals surface area contributed by atoms with Gasteiger partial charge in [0.2, 0.25) is 0 Å². The number of nitrogens with zero attached hydrogens (tertiary/aromatic N) is 2. The van der Waals surface area contributed by atoms with E-state index < -0.39 is 0 Å². The molecular formula is C21H22N2S. The van der Waals surface area contributed by atoms with Gasteiger partial charge >= 0.3 is 0 Å².